The third-order valence-electron chi connectivity index (χ3n) is 2.62. The number of benzene rings is 1. The summed E-state index contributed by atoms with van der Waals surface area (Å²) in [5.41, 5.74) is 0.701. The Balaban J connectivity index is 2.15. The van der Waals surface area contributed by atoms with Gasteiger partial charge in [0.05, 0.1) is 18.4 Å². The molecule has 21 heavy (non-hydrogen) atoms. The van der Waals surface area contributed by atoms with Crippen LogP contribution in [0.1, 0.15) is 23.1 Å². The molecule has 0 aliphatic carbocycles. The highest BCUT2D eigenvalue weighted by Gasteiger charge is 2.16. The largest absolute Gasteiger partial charge is 0.462 e. The number of hydrogen-bond acceptors (Lipinski definition) is 5. The SMILES string of the molecule is CCOC(=O)c1ccc(NS(=O)(=O)c2cnc(C)[nH]2)cc1. The lowest BCUT2D eigenvalue weighted by Crippen LogP contribution is -2.13. The molecule has 0 radical (unpaired) electrons. The summed E-state index contributed by atoms with van der Waals surface area (Å²) in [6.45, 7) is 3.66. The number of carbonyl (C=O) groups is 1. The molecule has 0 amide bonds. The maximum absolute atomic E-state index is 12.1. The monoisotopic (exact) mass is 309 g/mol. The Morgan fingerprint density at radius 2 is 2.00 bits per heavy atom. The molecule has 1 heterocycles. The molecule has 0 saturated carbocycles. The first-order valence-corrected chi connectivity index (χ1v) is 7.72. The van der Waals surface area contributed by atoms with Crippen LogP contribution < -0.4 is 4.72 Å². The third-order valence-corrected chi connectivity index (χ3v) is 3.91. The molecule has 0 aliphatic heterocycles. The van der Waals surface area contributed by atoms with Crippen LogP contribution in [0, 0.1) is 6.92 Å². The Bertz CT molecular complexity index is 735. The summed E-state index contributed by atoms with van der Waals surface area (Å²) in [7, 11) is -3.72. The highest BCUT2D eigenvalue weighted by atomic mass is 32.2. The highest BCUT2D eigenvalue weighted by molar-refractivity contribution is 7.92. The summed E-state index contributed by atoms with van der Waals surface area (Å²) in [6.07, 6.45) is 1.24. The van der Waals surface area contributed by atoms with Crippen molar-refractivity contribution in [2.45, 2.75) is 18.9 Å². The summed E-state index contributed by atoms with van der Waals surface area (Å²) in [4.78, 5) is 18.0. The van der Waals surface area contributed by atoms with E-state index in [0.29, 0.717) is 17.1 Å². The lowest BCUT2D eigenvalue weighted by Gasteiger charge is -2.07. The van der Waals surface area contributed by atoms with Crippen molar-refractivity contribution in [1.82, 2.24) is 9.97 Å². The molecule has 0 aliphatic rings. The molecule has 0 unspecified atom stereocenters. The molecule has 2 rings (SSSR count). The molecule has 0 fully saturated rings. The quantitative estimate of drug-likeness (QED) is 0.819. The van der Waals surface area contributed by atoms with Gasteiger partial charge in [0, 0.05) is 5.69 Å². The summed E-state index contributed by atoms with van der Waals surface area (Å²) < 4.78 is 31.4. The molecule has 8 heteroatoms. The molecule has 2 N–H and O–H groups in total. The van der Waals surface area contributed by atoms with Crippen molar-refractivity contribution in [3.8, 4) is 0 Å². The first kappa shape index (κ1) is 15.0. The van der Waals surface area contributed by atoms with Gasteiger partial charge in [0.25, 0.3) is 10.0 Å². The Morgan fingerprint density at radius 1 is 1.33 bits per heavy atom. The zero-order valence-corrected chi connectivity index (χ0v) is 12.4. The topological polar surface area (TPSA) is 101 Å². The van der Waals surface area contributed by atoms with Gasteiger partial charge in [-0.25, -0.2) is 9.78 Å². The number of carbonyl (C=O) groups excluding carboxylic acids is 1. The number of aromatic amines is 1. The van der Waals surface area contributed by atoms with Gasteiger partial charge in [0.15, 0.2) is 5.03 Å². The van der Waals surface area contributed by atoms with Crippen LogP contribution in [0.2, 0.25) is 0 Å². The summed E-state index contributed by atoms with van der Waals surface area (Å²) in [5.74, 6) is 0.0594. The average molecular weight is 309 g/mol. The predicted molar refractivity (Wildman–Crippen MR) is 76.5 cm³/mol. The number of aryl methyl sites for hydroxylation is 1. The zero-order valence-electron chi connectivity index (χ0n) is 11.6. The van der Waals surface area contributed by atoms with E-state index in [1.807, 2.05) is 0 Å². The molecular weight excluding hydrogens is 294 g/mol. The summed E-state index contributed by atoms with van der Waals surface area (Å²) >= 11 is 0. The lowest BCUT2D eigenvalue weighted by molar-refractivity contribution is 0.0526. The van der Waals surface area contributed by atoms with E-state index >= 15 is 0 Å². The number of nitrogens with one attached hydrogen (secondary N) is 2. The van der Waals surface area contributed by atoms with E-state index in [4.69, 9.17) is 4.74 Å². The van der Waals surface area contributed by atoms with Crippen molar-refractivity contribution < 1.29 is 17.9 Å². The third kappa shape index (κ3) is 3.60. The van der Waals surface area contributed by atoms with Crippen LogP contribution in [-0.4, -0.2) is 31.0 Å². The molecule has 2 aromatic rings. The minimum Gasteiger partial charge on any atom is -0.462 e. The molecule has 0 spiro atoms. The van der Waals surface area contributed by atoms with Gasteiger partial charge < -0.3 is 9.72 Å². The number of nitrogens with zero attached hydrogens (tertiary/aromatic N) is 1. The van der Waals surface area contributed by atoms with E-state index in [1.165, 1.54) is 30.5 Å². The number of anilines is 1. The number of esters is 1. The van der Waals surface area contributed by atoms with Gasteiger partial charge in [-0.05, 0) is 38.1 Å². The van der Waals surface area contributed by atoms with Crippen molar-refractivity contribution in [3.63, 3.8) is 0 Å². The second kappa shape index (κ2) is 5.96. The predicted octanol–water partition coefficient (Wildman–Crippen LogP) is 1.70. The van der Waals surface area contributed by atoms with Crippen LogP contribution in [0.15, 0.2) is 35.5 Å². The van der Waals surface area contributed by atoms with Crippen molar-refractivity contribution in [1.29, 1.82) is 0 Å². The van der Waals surface area contributed by atoms with Crippen LogP contribution in [-0.2, 0) is 14.8 Å². The lowest BCUT2D eigenvalue weighted by atomic mass is 10.2. The van der Waals surface area contributed by atoms with Crippen LogP contribution in [0.3, 0.4) is 0 Å². The van der Waals surface area contributed by atoms with Crippen molar-refractivity contribution in [2.75, 3.05) is 11.3 Å². The maximum atomic E-state index is 12.1. The minimum atomic E-state index is -3.72. The van der Waals surface area contributed by atoms with Crippen LogP contribution >= 0.6 is 0 Å². The Kier molecular flexibility index (Phi) is 4.27. The van der Waals surface area contributed by atoms with E-state index in [-0.39, 0.29) is 11.6 Å². The fourth-order valence-electron chi connectivity index (χ4n) is 1.63. The second-order valence-electron chi connectivity index (χ2n) is 4.24. The maximum Gasteiger partial charge on any atom is 0.338 e. The number of hydrogen-bond donors (Lipinski definition) is 2. The summed E-state index contributed by atoms with van der Waals surface area (Å²) in [6, 6.07) is 5.97. The number of sulfonamides is 1. The van der Waals surface area contributed by atoms with Crippen molar-refractivity contribution in [2.24, 2.45) is 0 Å². The fourth-order valence-corrected chi connectivity index (χ4v) is 2.66. The van der Waals surface area contributed by atoms with Gasteiger partial charge in [-0.2, -0.15) is 8.42 Å². The van der Waals surface area contributed by atoms with Crippen LogP contribution in [0.5, 0.6) is 0 Å². The minimum absolute atomic E-state index is 0.0190. The number of imidazole rings is 1. The number of ether oxygens (including phenoxy) is 1. The van der Waals surface area contributed by atoms with Gasteiger partial charge in [-0.15, -0.1) is 0 Å². The molecule has 1 aromatic carbocycles. The van der Waals surface area contributed by atoms with Gasteiger partial charge in [-0.3, -0.25) is 4.72 Å². The Morgan fingerprint density at radius 3 is 2.52 bits per heavy atom. The Labute approximate surface area is 122 Å². The number of rotatable bonds is 5. The molecule has 7 nitrogen and oxygen atoms in total. The average Bonchev–Trinajstić information content (AvgIpc) is 2.87. The molecule has 0 atom stereocenters. The van der Waals surface area contributed by atoms with E-state index in [9.17, 15) is 13.2 Å². The van der Waals surface area contributed by atoms with E-state index in [2.05, 4.69) is 14.7 Å². The second-order valence-corrected chi connectivity index (χ2v) is 5.89. The van der Waals surface area contributed by atoms with E-state index in [0.717, 1.165) is 0 Å². The van der Waals surface area contributed by atoms with Crippen molar-refractivity contribution in [3.05, 3.63) is 41.9 Å². The fraction of sp³-hybridized carbons (Fsp3) is 0.231. The van der Waals surface area contributed by atoms with Crippen LogP contribution in [0.25, 0.3) is 0 Å². The van der Waals surface area contributed by atoms with Gasteiger partial charge in [-0.1, -0.05) is 0 Å². The number of H-pyrrole nitrogens is 1. The molecule has 0 bridgehead atoms. The van der Waals surface area contributed by atoms with Gasteiger partial charge >= 0.3 is 5.97 Å². The normalized spacial score (nSPS) is 11.1. The van der Waals surface area contributed by atoms with Gasteiger partial charge in [0.2, 0.25) is 0 Å². The molecule has 0 saturated heterocycles. The van der Waals surface area contributed by atoms with E-state index < -0.39 is 16.0 Å². The molecule has 1 aromatic heterocycles. The van der Waals surface area contributed by atoms with Crippen molar-refractivity contribution >= 4 is 21.7 Å². The smallest absolute Gasteiger partial charge is 0.338 e. The Hall–Kier alpha value is -2.35. The summed E-state index contributed by atoms with van der Waals surface area (Å²) in [5, 5.41) is -0.0190. The van der Waals surface area contributed by atoms with Gasteiger partial charge in [0.1, 0.15) is 5.82 Å². The molecule has 112 valence electrons. The first-order valence-electron chi connectivity index (χ1n) is 6.24. The number of aromatic nitrogens is 2. The first-order chi connectivity index (χ1) is 9.92. The molecular formula is C13H15N3O4S. The highest BCUT2D eigenvalue weighted by Crippen LogP contribution is 2.15. The zero-order chi connectivity index (χ0) is 15.5. The standard InChI is InChI=1S/C13H15N3O4S/c1-3-20-13(17)10-4-6-11(7-5-10)16-21(18,19)12-8-14-9(2)15-12/h4-8,16H,3H2,1-2H3,(H,14,15). The van der Waals surface area contributed by atoms with Crippen LogP contribution in [0.4, 0.5) is 5.69 Å². The van der Waals surface area contributed by atoms with E-state index in [1.54, 1.807) is 13.8 Å².